The first kappa shape index (κ1) is 10.2. The summed E-state index contributed by atoms with van der Waals surface area (Å²) < 4.78 is 2.86. The monoisotopic (exact) mass is 280 g/mol. The largest absolute Gasteiger partial charge is 0.303 e. The maximum atomic E-state index is 4.62. The van der Waals surface area contributed by atoms with Crippen molar-refractivity contribution in [2.24, 2.45) is 0 Å². The van der Waals surface area contributed by atoms with Crippen LogP contribution in [0, 0.1) is 0 Å². The van der Waals surface area contributed by atoms with Crippen molar-refractivity contribution in [1.82, 2.24) is 19.3 Å². The average molecular weight is 281 g/mol. The van der Waals surface area contributed by atoms with E-state index in [1.165, 1.54) is 19.4 Å². The number of rotatable bonds is 1. The van der Waals surface area contributed by atoms with Crippen LogP contribution < -0.4 is 0 Å². The van der Waals surface area contributed by atoms with Gasteiger partial charge in [-0.25, -0.2) is 9.97 Å². The third kappa shape index (κ3) is 1.64. The van der Waals surface area contributed by atoms with Crippen LogP contribution >= 0.6 is 15.9 Å². The van der Waals surface area contributed by atoms with Crippen LogP contribution in [0.5, 0.6) is 0 Å². The second-order valence-electron chi connectivity index (χ2n) is 4.28. The maximum absolute atomic E-state index is 4.62. The fourth-order valence-electron chi connectivity index (χ4n) is 2.34. The van der Waals surface area contributed by atoms with Crippen LogP contribution in [-0.4, -0.2) is 32.9 Å². The number of imidazole rings is 1. The minimum atomic E-state index is 0.471. The van der Waals surface area contributed by atoms with Crippen molar-refractivity contribution in [2.75, 3.05) is 13.6 Å². The quantitative estimate of drug-likeness (QED) is 0.804. The number of halogens is 1. The fourth-order valence-corrected chi connectivity index (χ4v) is 2.66. The second kappa shape index (κ2) is 3.82. The van der Waals surface area contributed by atoms with E-state index in [2.05, 4.69) is 44.0 Å². The lowest BCUT2D eigenvalue weighted by molar-refractivity contribution is 0.313. The summed E-state index contributed by atoms with van der Waals surface area (Å²) >= 11 is 3.37. The molecule has 1 saturated heterocycles. The highest BCUT2D eigenvalue weighted by Crippen LogP contribution is 2.29. The van der Waals surface area contributed by atoms with Gasteiger partial charge >= 0.3 is 0 Å². The first-order valence-electron chi connectivity index (χ1n) is 5.44. The Kier molecular flexibility index (Phi) is 2.44. The molecule has 0 bridgehead atoms. The number of hydrogen-bond donors (Lipinski definition) is 0. The molecule has 0 N–H and O–H groups in total. The van der Waals surface area contributed by atoms with Crippen LogP contribution in [0.15, 0.2) is 23.2 Å². The van der Waals surface area contributed by atoms with E-state index in [1.807, 2.05) is 10.6 Å². The zero-order valence-electron chi connectivity index (χ0n) is 9.10. The predicted octanol–water partition coefficient (Wildman–Crippen LogP) is 2.26. The average Bonchev–Trinajstić information content (AvgIpc) is 2.82. The molecule has 1 fully saturated rings. The first-order valence-corrected chi connectivity index (χ1v) is 6.24. The molecule has 0 amide bonds. The lowest BCUT2D eigenvalue weighted by Gasteiger charge is -2.16. The molecular formula is C11H13BrN4. The van der Waals surface area contributed by atoms with E-state index >= 15 is 0 Å². The van der Waals surface area contributed by atoms with E-state index < -0.39 is 0 Å². The van der Waals surface area contributed by atoms with Crippen LogP contribution in [0.4, 0.5) is 0 Å². The molecule has 0 radical (unpaired) electrons. The Morgan fingerprint density at radius 3 is 3.06 bits per heavy atom. The lowest BCUT2D eigenvalue weighted by atomic mass is 10.2. The van der Waals surface area contributed by atoms with Gasteiger partial charge in [0.1, 0.15) is 4.60 Å². The number of fused-ring (bicyclic) bond motifs is 1. The summed E-state index contributed by atoms with van der Waals surface area (Å²) in [5.74, 6) is 0. The van der Waals surface area contributed by atoms with Gasteiger partial charge in [0.2, 0.25) is 0 Å². The zero-order valence-corrected chi connectivity index (χ0v) is 10.7. The van der Waals surface area contributed by atoms with E-state index in [0.29, 0.717) is 6.04 Å². The molecule has 2 aromatic rings. The van der Waals surface area contributed by atoms with Crippen LogP contribution in [0.25, 0.3) is 5.65 Å². The van der Waals surface area contributed by atoms with Crippen molar-refractivity contribution in [3.63, 3.8) is 0 Å². The van der Waals surface area contributed by atoms with Gasteiger partial charge in [-0.1, -0.05) is 0 Å². The van der Waals surface area contributed by atoms with Crippen LogP contribution in [0.3, 0.4) is 0 Å². The predicted molar refractivity (Wildman–Crippen MR) is 65.3 cm³/mol. The van der Waals surface area contributed by atoms with Crippen molar-refractivity contribution in [3.05, 3.63) is 28.9 Å². The molecule has 1 aliphatic rings. The molecule has 0 aromatic carbocycles. The topological polar surface area (TPSA) is 33.4 Å². The Bertz CT molecular complexity index is 522. The summed E-state index contributed by atoms with van der Waals surface area (Å²) in [4.78, 5) is 11.2. The molecule has 3 rings (SSSR count). The Morgan fingerprint density at radius 2 is 2.31 bits per heavy atom. The van der Waals surface area contributed by atoms with Crippen molar-refractivity contribution in [1.29, 1.82) is 0 Å². The number of likely N-dealkylation sites (tertiary alicyclic amines) is 1. The summed E-state index contributed by atoms with van der Waals surface area (Å²) in [6, 6.07) is 0.471. The van der Waals surface area contributed by atoms with Gasteiger partial charge in [-0.15, -0.1) is 0 Å². The summed E-state index contributed by atoms with van der Waals surface area (Å²) in [6.45, 7) is 1.17. The van der Waals surface area contributed by atoms with Gasteiger partial charge in [0.05, 0.1) is 17.9 Å². The molecule has 2 aromatic heterocycles. The van der Waals surface area contributed by atoms with Gasteiger partial charge in [-0.2, -0.15) is 0 Å². The highest BCUT2D eigenvalue weighted by molar-refractivity contribution is 9.10. The summed E-state index contributed by atoms with van der Waals surface area (Å²) in [7, 11) is 2.16. The van der Waals surface area contributed by atoms with E-state index in [0.717, 1.165) is 15.9 Å². The van der Waals surface area contributed by atoms with Gasteiger partial charge in [-0.05, 0) is 42.4 Å². The molecule has 3 heterocycles. The second-order valence-corrected chi connectivity index (χ2v) is 5.09. The minimum absolute atomic E-state index is 0.471. The van der Waals surface area contributed by atoms with E-state index in [-0.39, 0.29) is 0 Å². The van der Waals surface area contributed by atoms with Gasteiger partial charge in [0, 0.05) is 12.4 Å². The molecule has 1 aliphatic heterocycles. The standard InChI is InChI=1S/C11H13BrN4/c1-15-4-2-3-9(15)8-6-16-7-10(12)13-5-11(16)14-8/h5-7,9H,2-4H2,1H3/t9-/m0/s1. The molecule has 0 aliphatic carbocycles. The molecule has 0 unspecified atom stereocenters. The van der Waals surface area contributed by atoms with E-state index in [1.54, 1.807) is 6.20 Å². The van der Waals surface area contributed by atoms with E-state index in [9.17, 15) is 0 Å². The first-order chi connectivity index (χ1) is 7.74. The molecule has 1 atom stereocenters. The zero-order chi connectivity index (χ0) is 11.1. The Morgan fingerprint density at radius 1 is 1.44 bits per heavy atom. The summed E-state index contributed by atoms with van der Waals surface area (Å²) in [5, 5.41) is 0. The molecule has 4 nitrogen and oxygen atoms in total. The highest BCUT2D eigenvalue weighted by Gasteiger charge is 2.24. The molecule has 0 spiro atoms. The molecule has 5 heteroatoms. The Hall–Kier alpha value is -0.940. The van der Waals surface area contributed by atoms with Crippen molar-refractivity contribution in [3.8, 4) is 0 Å². The SMILES string of the molecule is CN1CCC[C@H]1c1cn2cc(Br)ncc2n1. The number of aromatic nitrogens is 3. The van der Waals surface area contributed by atoms with Gasteiger partial charge < -0.3 is 4.40 Å². The lowest BCUT2D eigenvalue weighted by Crippen LogP contribution is -2.17. The van der Waals surface area contributed by atoms with Crippen LogP contribution in [0.1, 0.15) is 24.6 Å². The van der Waals surface area contributed by atoms with Gasteiger partial charge in [0.15, 0.2) is 5.65 Å². The van der Waals surface area contributed by atoms with Crippen LogP contribution in [-0.2, 0) is 0 Å². The van der Waals surface area contributed by atoms with E-state index in [4.69, 9.17) is 0 Å². The third-order valence-electron chi connectivity index (χ3n) is 3.19. The van der Waals surface area contributed by atoms with Gasteiger partial charge in [-0.3, -0.25) is 4.90 Å². The van der Waals surface area contributed by atoms with Crippen molar-refractivity contribution >= 4 is 21.6 Å². The fraction of sp³-hybridized carbons (Fsp3) is 0.455. The summed E-state index contributed by atoms with van der Waals surface area (Å²) in [5.41, 5.74) is 2.07. The minimum Gasteiger partial charge on any atom is -0.303 e. The molecule has 84 valence electrons. The Labute approximate surface area is 102 Å². The number of nitrogens with zero attached hydrogens (tertiary/aromatic N) is 4. The third-order valence-corrected chi connectivity index (χ3v) is 3.60. The van der Waals surface area contributed by atoms with Crippen LogP contribution in [0.2, 0.25) is 0 Å². The summed E-state index contributed by atoms with van der Waals surface area (Å²) in [6.07, 6.45) is 8.31. The normalized spacial score (nSPS) is 22.0. The molecular weight excluding hydrogens is 268 g/mol. The number of hydrogen-bond acceptors (Lipinski definition) is 3. The molecule has 0 saturated carbocycles. The maximum Gasteiger partial charge on any atom is 0.155 e. The Balaban J connectivity index is 2.04. The van der Waals surface area contributed by atoms with Crippen molar-refractivity contribution < 1.29 is 0 Å². The molecule has 16 heavy (non-hydrogen) atoms. The smallest absolute Gasteiger partial charge is 0.155 e. The van der Waals surface area contributed by atoms with Crippen molar-refractivity contribution in [2.45, 2.75) is 18.9 Å². The highest BCUT2D eigenvalue weighted by atomic mass is 79.9. The van der Waals surface area contributed by atoms with Gasteiger partial charge in [0.25, 0.3) is 0 Å².